The second kappa shape index (κ2) is 8.08. The topological polar surface area (TPSA) is 78.5 Å². The first-order valence-electron chi connectivity index (χ1n) is 9.79. The molecule has 2 saturated heterocycles. The molecule has 1 N–H and O–H groups in total. The molecular formula is C20H26N4O3. The number of nitrogens with zero attached hydrogens (tertiary/aromatic N) is 3. The number of hydrogen-bond acceptors (Lipinski definition) is 5. The fraction of sp³-hybridized carbons (Fsp3) is 0.550. The Morgan fingerprint density at radius 2 is 1.96 bits per heavy atom. The Morgan fingerprint density at radius 3 is 2.74 bits per heavy atom. The number of benzene rings is 1. The van der Waals surface area contributed by atoms with Crippen molar-refractivity contribution in [3.05, 3.63) is 34.9 Å². The number of likely N-dealkylation sites (tertiary alicyclic amines) is 2. The molecule has 0 bridgehead atoms. The first kappa shape index (κ1) is 18.0. The van der Waals surface area contributed by atoms with E-state index in [9.17, 15) is 9.59 Å². The van der Waals surface area contributed by atoms with E-state index in [2.05, 4.69) is 14.9 Å². The average molecular weight is 370 g/mol. The van der Waals surface area contributed by atoms with Crippen molar-refractivity contribution in [1.82, 2.24) is 19.8 Å². The number of carbonyl (C=O) groups excluding carboxylic acids is 1. The Labute approximate surface area is 158 Å². The van der Waals surface area contributed by atoms with E-state index in [1.165, 1.54) is 12.8 Å². The zero-order chi connectivity index (χ0) is 18.6. The lowest BCUT2D eigenvalue weighted by molar-refractivity contribution is -0.133. The highest BCUT2D eigenvalue weighted by molar-refractivity contribution is 5.79. The van der Waals surface area contributed by atoms with Crippen LogP contribution in [0.25, 0.3) is 10.9 Å². The third-order valence-electron chi connectivity index (χ3n) is 5.60. The van der Waals surface area contributed by atoms with Crippen LogP contribution in [-0.4, -0.2) is 65.0 Å². The lowest BCUT2D eigenvalue weighted by Gasteiger charge is -2.33. The van der Waals surface area contributed by atoms with Gasteiger partial charge in [-0.15, -0.1) is 0 Å². The van der Waals surface area contributed by atoms with Gasteiger partial charge in [0.25, 0.3) is 0 Å². The Balaban J connectivity index is 1.25. The van der Waals surface area contributed by atoms with Gasteiger partial charge in [-0.1, -0.05) is 0 Å². The van der Waals surface area contributed by atoms with Crippen LogP contribution < -0.4 is 10.4 Å². The first-order valence-corrected chi connectivity index (χ1v) is 9.79. The lowest BCUT2D eigenvalue weighted by atomic mass is 9.97. The van der Waals surface area contributed by atoms with Crippen LogP contribution in [0.1, 0.15) is 25.7 Å². The fourth-order valence-corrected chi connectivity index (χ4v) is 3.92. The molecule has 0 spiro atoms. The number of carbonyl (C=O) groups is 1. The molecule has 7 nitrogen and oxygen atoms in total. The molecule has 1 aromatic heterocycles. The van der Waals surface area contributed by atoms with Gasteiger partial charge in [0.15, 0.2) is 0 Å². The number of rotatable bonds is 5. The average Bonchev–Trinajstić information content (AvgIpc) is 3.19. The smallest absolute Gasteiger partial charge is 0.345 e. The summed E-state index contributed by atoms with van der Waals surface area (Å²) in [5.41, 5.74) is 0.375. The predicted octanol–water partition coefficient (Wildman–Crippen LogP) is 1.64. The van der Waals surface area contributed by atoms with Crippen molar-refractivity contribution in [2.24, 2.45) is 5.92 Å². The van der Waals surface area contributed by atoms with Gasteiger partial charge in [-0.05, 0) is 56.8 Å². The van der Waals surface area contributed by atoms with Crippen molar-refractivity contribution >= 4 is 16.8 Å². The number of ether oxygens (including phenoxy) is 1. The Bertz CT molecular complexity index is 852. The van der Waals surface area contributed by atoms with Crippen LogP contribution in [-0.2, 0) is 4.79 Å². The molecule has 0 atom stereocenters. The summed E-state index contributed by atoms with van der Waals surface area (Å²) in [4.78, 5) is 34.5. The van der Waals surface area contributed by atoms with E-state index in [4.69, 9.17) is 4.74 Å². The maximum atomic E-state index is 12.4. The van der Waals surface area contributed by atoms with Crippen molar-refractivity contribution in [1.29, 1.82) is 0 Å². The van der Waals surface area contributed by atoms with Gasteiger partial charge >= 0.3 is 5.69 Å². The van der Waals surface area contributed by atoms with E-state index >= 15 is 0 Å². The highest BCUT2D eigenvalue weighted by Gasteiger charge is 2.25. The van der Waals surface area contributed by atoms with Gasteiger partial charge in [-0.3, -0.25) is 9.69 Å². The molecule has 1 aromatic carbocycles. The number of hydrogen-bond donors (Lipinski definition) is 1. The third kappa shape index (κ3) is 4.47. The standard InChI is InChI=1S/C20H26N4O3/c25-19(13-23-7-1-2-8-23)24-9-5-15(6-10-24)14-27-17-4-3-16-12-21-20(26)22-18(16)11-17/h3-4,11-12,15H,1-2,5-10,13-14H2,(H,21,22,26). The van der Waals surface area contributed by atoms with Crippen LogP contribution in [0.5, 0.6) is 5.75 Å². The highest BCUT2D eigenvalue weighted by Crippen LogP contribution is 2.22. The van der Waals surface area contributed by atoms with E-state index in [0.29, 0.717) is 19.1 Å². The van der Waals surface area contributed by atoms with Crippen LogP contribution in [0.4, 0.5) is 0 Å². The van der Waals surface area contributed by atoms with Crippen molar-refractivity contribution in [3.8, 4) is 5.75 Å². The number of fused-ring (bicyclic) bond motifs is 1. The second-order valence-corrected chi connectivity index (χ2v) is 7.56. The van der Waals surface area contributed by atoms with Crippen molar-refractivity contribution < 1.29 is 9.53 Å². The molecule has 0 radical (unpaired) electrons. The van der Waals surface area contributed by atoms with Crippen LogP contribution >= 0.6 is 0 Å². The Morgan fingerprint density at radius 1 is 1.19 bits per heavy atom. The minimum absolute atomic E-state index is 0.267. The van der Waals surface area contributed by atoms with Gasteiger partial charge in [0.1, 0.15) is 5.75 Å². The van der Waals surface area contributed by atoms with Crippen LogP contribution in [0.15, 0.2) is 29.2 Å². The van der Waals surface area contributed by atoms with Crippen LogP contribution in [0.3, 0.4) is 0 Å². The van der Waals surface area contributed by atoms with E-state index in [1.54, 1.807) is 6.20 Å². The molecule has 27 heavy (non-hydrogen) atoms. The number of amides is 1. The van der Waals surface area contributed by atoms with Crippen molar-refractivity contribution in [3.63, 3.8) is 0 Å². The van der Waals surface area contributed by atoms with Crippen LogP contribution in [0.2, 0.25) is 0 Å². The van der Waals surface area contributed by atoms with Gasteiger partial charge in [-0.25, -0.2) is 9.78 Å². The van der Waals surface area contributed by atoms with E-state index in [-0.39, 0.29) is 11.6 Å². The summed E-state index contributed by atoms with van der Waals surface area (Å²) >= 11 is 0. The molecule has 4 rings (SSSR count). The SMILES string of the molecule is O=C(CN1CCCC1)N1CCC(COc2ccc3cnc(=O)[nH]c3c2)CC1. The molecule has 2 aromatic rings. The van der Waals surface area contributed by atoms with Crippen molar-refractivity contribution in [2.75, 3.05) is 39.3 Å². The van der Waals surface area contributed by atoms with Crippen molar-refractivity contribution in [2.45, 2.75) is 25.7 Å². The van der Waals surface area contributed by atoms with E-state index in [0.717, 1.165) is 55.7 Å². The number of aromatic nitrogens is 2. The molecule has 2 aliphatic rings. The predicted molar refractivity (Wildman–Crippen MR) is 103 cm³/mol. The molecular weight excluding hydrogens is 344 g/mol. The molecule has 3 heterocycles. The number of nitrogens with one attached hydrogen (secondary N) is 1. The quantitative estimate of drug-likeness (QED) is 0.866. The van der Waals surface area contributed by atoms with Gasteiger partial charge in [0.05, 0.1) is 18.7 Å². The molecule has 7 heteroatoms. The maximum absolute atomic E-state index is 12.4. The molecule has 0 aliphatic carbocycles. The zero-order valence-corrected chi connectivity index (χ0v) is 15.5. The largest absolute Gasteiger partial charge is 0.493 e. The molecule has 2 fully saturated rings. The normalized spacial score (nSPS) is 18.9. The van der Waals surface area contributed by atoms with Crippen LogP contribution in [0, 0.1) is 5.92 Å². The summed E-state index contributed by atoms with van der Waals surface area (Å²) in [6.07, 6.45) is 5.94. The van der Waals surface area contributed by atoms with Gasteiger partial charge in [0, 0.05) is 30.7 Å². The summed E-state index contributed by atoms with van der Waals surface area (Å²) in [6.45, 7) is 4.96. The third-order valence-corrected chi connectivity index (χ3v) is 5.60. The summed E-state index contributed by atoms with van der Waals surface area (Å²) < 4.78 is 5.94. The number of H-pyrrole nitrogens is 1. The Hall–Kier alpha value is -2.41. The number of piperidine rings is 1. The zero-order valence-electron chi connectivity index (χ0n) is 15.5. The molecule has 0 unspecified atom stereocenters. The van der Waals surface area contributed by atoms with E-state index < -0.39 is 0 Å². The highest BCUT2D eigenvalue weighted by atomic mass is 16.5. The maximum Gasteiger partial charge on any atom is 0.345 e. The van der Waals surface area contributed by atoms with Gasteiger partial charge in [-0.2, -0.15) is 0 Å². The minimum Gasteiger partial charge on any atom is -0.493 e. The second-order valence-electron chi connectivity index (χ2n) is 7.56. The molecule has 1 amide bonds. The molecule has 0 saturated carbocycles. The van der Waals surface area contributed by atoms with Gasteiger partial charge in [0.2, 0.25) is 5.91 Å². The number of aromatic amines is 1. The molecule has 2 aliphatic heterocycles. The van der Waals surface area contributed by atoms with Gasteiger partial charge < -0.3 is 14.6 Å². The summed E-state index contributed by atoms with van der Waals surface area (Å²) in [5, 5.41) is 0.881. The van der Waals surface area contributed by atoms with E-state index in [1.807, 2.05) is 23.1 Å². The summed E-state index contributed by atoms with van der Waals surface area (Å²) in [6, 6.07) is 5.64. The monoisotopic (exact) mass is 370 g/mol. The first-order chi connectivity index (χ1) is 13.2. The minimum atomic E-state index is -0.356. The summed E-state index contributed by atoms with van der Waals surface area (Å²) in [7, 11) is 0. The lowest BCUT2D eigenvalue weighted by Crippen LogP contribution is -2.44. The molecule has 144 valence electrons. The fourth-order valence-electron chi connectivity index (χ4n) is 3.92. The summed E-state index contributed by atoms with van der Waals surface area (Å²) in [5.74, 6) is 1.47. The Kier molecular flexibility index (Phi) is 5.38.